The van der Waals surface area contributed by atoms with Gasteiger partial charge in [0, 0.05) is 0 Å². The highest BCUT2D eigenvalue weighted by molar-refractivity contribution is 5.78. The molecule has 0 saturated heterocycles. The van der Waals surface area contributed by atoms with Gasteiger partial charge in [0.2, 0.25) is 5.70 Å². The van der Waals surface area contributed by atoms with E-state index in [0.29, 0.717) is 6.21 Å². The highest BCUT2D eigenvalue weighted by Crippen LogP contribution is 2.10. The zero-order valence-corrected chi connectivity index (χ0v) is 4.67. The van der Waals surface area contributed by atoms with E-state index in [4.69, 9.17) is 5.26 Å². The van der Waals surface area contributed by atoms with Gasteiger partial charge in [-0.15, -0.1) is 0 Å². The van der Waals surface area contributed by atoms with Gasteiger partial charge in [-0.05, 0) is 0 Å². The Hall–Kier alpha value is -1.64. The minimum Gasteiger partial charge on any atom is -0.202 e. The summed E-state index contributed by atoms with van der Waals surface area (Å²) in [5, 5.41) is 10.8. The third-order valence-corrected chi connectivity index (χ3v) is 0.852. The molecule has 1 rings (SSSR count). The molecule has 0 bridgehead atoms. The van der Waals surface area contributed by atoms with Crippen molar-refractivity contribution in [1.29, 1.82) is 5.26 Å². The maximum absolute atomic E-state index is 12.3. The van der Waals surface area contributed by atoms with Gasteiger partial charge in [0.25, 0.3) is 0 Å². The molecule has 0 aromatic heterocycles. The smallest absolute Gasteiger partial charge is 0.202 e. The molecular formula is C4H2F2N4. The van der Waals surface area contributed by atoms with Crippen LogP contribution in [0.1, 0.15) is 0 Å². The summed E-state index contributed by atoms with van der Waals surface area (Å²) < 4.78 is 24.5. The van der Waals surface area contributed by atoms with Crippen LogP contribution in [-0.4, -0.2) is 11.4 Å². The first-order chi connectivity index (χ1) is 4.75. The molecule has 0 radical (unpaired) electrons. The average molecular weight is 144 g/mol. The molecular weight excluding hydrogens is 142 g/mol. The fourth-order valence-corrected chi connectivity index (χ4v) is 0.438. The predicted molar refractivity (Wildman–Crippen MR) is 28.3 cm³/mol. The van der Waals surface area contributed by atoms with Crippen LogP contribution in [0.4, 0.5) is 8.87 Å². The summed E-state index contributed by atoms with van der Waals surface area (Å²) >= 11 is 0. The number of hydrogen-bond donors (Lipinski definition) is 1. The normalized spacial score (nSPS) is 16.7. The zero-order valence-electron chi connectivity index (χ0n) is 4.67. The van der Waals surface area contributed by atoms with Gasteiger partial charge < -0.3 is 0 Å². The van der Waals surface area contributed by atoms with Crippen LogP contribution in [0.2, 0.25) is 0 Å². The van der Waals surface area contributed by atoms with Crippen molar-refractivity contribution in [3.8, 4) is 6.07 Å². The molecule has 0 aromatic carbocycles. The third-order valence-electron chi connectivity index (χ3n) is 0.852. The molecule has 1 aliphatic heterocycles. The second-order valence-corrected chi connectivity index (χ2v) is 1.45. The van der Waals surface area contributed by atoms with Crippen molar-refractivity contribution in [2.24, 2.45) is 5.10 Å². The minimum absolute atomic E-state index is 0.296. The molecule has 0 atom stereocenters. The van der Waals surface area contributed by atoms with Crippen molar-refractivity contribution in [3.05, 3.63) is 11.5 Å². The van der Waals surface area contributed by atoms with E-state index >= 15 is 0 Å². The summed E-state index contributed by atoms with van der Waals surface area (Å²) in [6.45, 7) is 0. The highest BCUT2D eigenvalue weighted by atomic mass is 19.2. The van der Waals surface area contributed by atoms with E-state index in [-0.39, 0.29) is 5.23 Å². The van der Waals surface area contributed by atoms with Crippen LogP contribution in [0.3, 0.4) is 0 Å². The van der Waals surface area contributed by atoms with Crippen LogP contribution in [-0.2, 0) is 0 Å². The SMILES string of the molecule is N#CC1=C(F)C=NNN1F. The maximum atomic E-state index is 12.3. The number of hydrazine groups is 1. The van der Waals surface area contributed by atoms with E-state index in [1.165, 1.54) is 6.07 Å². The van der Waals surface area contributed by atoms with Gasteiger partial charge in [0.1, 0.15) is 6.07 Å². The van der Waals surface area contributed by atoms with Crippen molar-refractivity contribution in [2.75, 3.05) is 0 Å². The average Bonchev–Trinajstić information content (AvgIpc) is 1.88. The summed E-state index contributed by atoms with van der Waals surface area (Å²) in [4.78, 5) is 0. The Balaban J connectivity index is 2.97. The third kappa shape index (κ3) is 0.886. The molecule has 52 valence electrons. The molecule has 0 saturated carbocycles. The maximum Gasteiger partial charge on any atom is 0.209 e. The Morgan fingerprint density at radius 3 is 2.90 bits per heavy atom. The zero-order chi connectivity index (χ0) is 7.56. The summed E-state index contributed by atoms with van der Waals surface area (Å²) in [5.41, 5.74) is 1.00. The van der Waals surface area contributed by atoms with Gasteiger partial charge in [0.05, 0.1) is 6.21 Å². The first-order valence-corrected chi connectivity index (χ1v) is 2.30. The Labute approximate surface area is 54.9 Å². The Morgan fingerprint density at radius 1 is 1.80 bits per heavy atom. The second-order valence-electron chi connectivity index (χ2n) is 1.45. The Kier molecular flexibility index (Phi) is 1.49. The topological polar surface area (TPSA) is 51.4 Å². The van der Waals surface area contributed by atoms with Crippen LogP contribution < -0.4 is 5.53 Å². The number of nitrogens with one attached hydrogen (secondary N) is 1. The van der Waals surface area contributed by atoms with E-state index in [0.717, 1.165) is 0 Å². The molecule has 1 N–H and O–H groups in total. The monoisotopic (exact) mass is 144 g/mol. The van der Waals surface area contributed by atoms with Gasteiger partial charge in [-0.2, -0.15) is 15.9 Å². The van der Waals surface area contributed by atoms with Gasteiger partial charge >= 0.3 is 0 Å². The van der Waals surface area contributed by atoms with Crippen molar-refractivity contribution >= 4 is 6.21 Å². The molecule has 0 fully saturated rings. The fourth-order valence-electron chi connectivity index (χ4n) is 0.438. The van der Waals surface area contributed by atoms with Gasteiger partial charge in [-0.3, -0.25) is 0 Å². The number of rotatable bonds is 0. The number of hydrazone groups is 1. The van der Waals surface area contributed by atoms with E-state index in [1.807, 2.05) is 0 Å². The Morgan fingerprint density at radius 2 is 2.50 bits per heavy atom. The first kappa shape index (κ1) is 6.48. The molecule has 1 heterocycles. The first-order valence-electron chi connectivity index (χ1n) is 2.30. The van der Waals surface area contributed by atoms with Gasteiger partial charge in [-0.25, -0.2) is 4.39 Å². The lowest BCUT2D eigenvalue weighted by Crippen LogP contribution is -2.28. The number of allylic oxidation sites excluding steroid dienone is 2. The van der Waals surface area contributed by atoms with Crippen molar-refractivity contribution in [1.82, 2.24) is 10.8 Å². The van der Waals surface area contributed by atoms with Gasteiger partial charge in [0.15, 0.2) is 5.83 Å². The van der Waals surface area contributed by atoms with E-state index < -0.39 is 11.5 Å². The number of halogens is 2. The second kappa shape index (κ2) is 2.31. The molecule has 6 heteroatoms. The van der Waals surface area contributed by atoms with Crippen LogP contribution in [0.15, 0.2) is 16.6 Å². The summed E-state index contributed by atoms with van der Waals surface area (Å²) in [6.07, 6.45) is 0.717. The van der Waals surface area contributed by atoms with Crippen molar-refractivity contribution < 1.29 is 8.87 Å². The standard InChI is InChI=1S/C4H2F2N4/c5-3-2-8-9-10(6)4(3)1-7/h2,9H. The van der Waals surface area contributed by atoms with E-state index in [9.17, 15) is 8.87 Å². The van der Waals surface area contributed by atoms with Crippen molar-refractivity contribution in [2.45, 2.75) is 0 Å². The number of nitriles is 1. The lowest BCUT2D eigenvalue weighted by molar-refractivity contribution is 0.0118. The quantitative estimate of drug-likeness (QED) is 0.500. The summed E-state index contributed by atoms with van der Waals surface area (Å²) in [7, 11) is 0. The fraction of sp³-hybridized carbons (Fsp3) is 0. The highest BCUT2D eigenvalue weighted by Gasteiger charge is 2.16. The number of hydrogen-bond acceptors (Lipinski definition) is 4. The van der Waals surface area contributed by atoms with Crippen LogP contribution in [0.5, 0.6) is 0 Å². The van der Waals surface area contributed by atoms with E-state index in [2.05, 4.69) is 5.10 Å². The molecule has 0 aromatic rings. The van der Waals surface area contributed by atoms with Crippen molar-refractivity contribution in [3.63, 3.8) is 0 Å². The minimum atomic E-state index is -0.997. The molecule has 0 unspecified atom stereocenters. The molecule has 4 nitrogen and oxygen atoms in total. The van der Waals surface area contributed by atoms with E-state index in [1.54, 1.807) is 5.53 Å². The van der Waals surface area contributed by atoms with Gasteiger partial charge in [-0.1, -0.05) is 9.71 Å². The molecule has 0 amide bonds. The van der Waals surface area contributed by atoms with Crippen LogP contribution >= 0.6 is 0 Å². The molecule has 0 aliphatic carbocycles. The lowest BCUT2D eigenvalue weighted by Gasteiger charge is -2.12. The largest absolute Gasteiger partial charge is 0.209 e. The summed E-state index contributed by atoms with van der Waals surface area (Å²) in [6, 6.07) is 1.31. The molecule has 1 aliphatic rings. The van der Waals surface area contributed by atoms with Crippen LogP contribution in [0.25, 0.3) is 0 Å². The van der Waals surface area contributed by atoms with Crippen LogP contribution in [0, 0.1) is 11.3 Å². The molecule has 0 spiro atoms. The Bertz CT molecular complexity index is 238. The lowest BCUT2D eigenvalue weighted by atomic mass is 10.4. The predicted octanol–water partition coefficient (Wildman–Crippen LogP) is 0.382. The number of nitrogens with zero attached hydrogens (tertiary/aromatic N) is 3. The summed E-state index contributed by atoms with van der Waals surface area (Å²) in [5.74, 6) is -0.997. The molecule has 10 heavy (non-hydrogen) atoms.